The average molecular weight is 280 g/mol. The van der Waals surface area contributed by atoms with Crippen molar-refractivity contribution in [3.8, 4) is 11.5 Å². The molecule has 1 aliphatic carbocycles. The second-order valence-corrected chi connectivity index (χ2v) is 4.66. The molecule has 0 atom stereocenters. The van der Waals surface area contributed by atoms with Gasteiger partial charge < -0.3 is 20.5 Å². The topological polar surface area (TPSA) is 73.6 Å². The number of amides is 1. The van der Waals surface area contributed by atoms with Crippen molar-refractivity contribution in [3.05, 3.63) is 23.8 Å². The third kappa shape index (κ3) is 4.42. The molecule has 0 bridgehead atoms. The minimum atomic E-state index is -0.223. The monoisotopic (exact) mass is 280 g/mol. The fourth-order valence-corrected chi connectivity index (χ4v) is 2.16. The molecule has 1 aromatic carbocycles. The van der Waals surface area contributed by atoms with Gasteiger partial charge in [-0.1, -0.05) is 18.9 Å². The number of methoxy groups -OCH3 is 2. The van der Waals surface area contributed by atoms with Crippen LogP contribution in [0.25, 0.3) is 0 Å². The number of nitrogens with two attached hydrogens (primary N) is 1. The summed E-state index contributed by atoms with van der Waals surface area (Å²) in [6.45, 7) is 0. The van der Waals surface area contributed by atoms with Crippen molar-refractivity contribution in [3.63, 3.8) is 0 Å². The normalized spacial score (nSPS) is 14.2. The largest absolute Gasteiger partial charge is 0.496 e. The van der Waals surface area contributed by atoms with E-state index >= 15 is 0 Å². The molecule has 5 heteroatoms. The van der Waals surface area contributed by atoms with E-state index in [0.29, 0.717) is 23.1 Å². The van der Waals surface area contributed by atoms with Gasteiger partial charge in [0.15, 0.2) is 0 Å². The minimum absolute atomic E-state index is 0.223. The lowest BCUT2D eigenvalue weighted by Crippen LogP contribution is -2.19. The van der Waals surface area contributed by atoms with Gasteiger partial charge in [0.2, 0.25) is 0 Å². The molecule has 1 aromatic rings. The number of benzene rings is 1. The number of rotatable bonds is 3. The summed E-state index contributed by atoms with van der Waals surface area (Å²) in [6.07, 6.45) is 5.25. The molecule has 0 aromatic heterocycles. The zero-order valence-electron chi connectivity index (χ0n) is 12.4. The van der Waals surface area contributed by atoms with Gasteiger partial charge in [-0.3, -0.25) is 4.79 Å². The van der Waals surface area contributed by atoms with Crippen molar-refractivity contribution >= 4 is 5.91 Å². The van der Waals surface area contributed by atoms with E-state index in [1.54, 1.807) is 25.2 Å². The van der Waals surface area contributed by atoms with Crippen molar-refractivity contribution < 1.29 is 14.3 Å². The molecule has 112 valence electrons. The van der Waals surface area contributed by atoms with Crippen molar-refractivity contribution in [2.45, 2.75) is 31.7 Å². The van der Waals surface area contributed by atoms with E-state index in [1.807, 2.05) is 0 Å². The van der Waals surface area contributed by atoms with Gasteiger partial charge in [-0.2, -0.15) is 0 Å². The lowest BCUT2D eigenvalue weighted by molar-refractivity contribution is 0.0957. The molecule has 1 aliphatic rings. The Morgan fingerprint density at radius 1 is 1.20 bits per heavy atom. The first-order chi connectivity index (χ1) is 9.63. The smallest absolute Gasteiger partial charge is 0.258 e. The number of hydrogen-bond acceptors (Lipinski definition) is 4. The van der Waals surface area contributed by atoms with Crippen LogP contribution in [0.15, 0.2) is 18.2 Å². The van der Waals surface area contributed by atoms with Crippen LogP contribution in [0, 0.1) is 0 Å². The predicted molar refractivity (Wildman–Crippen MR) is 79.4 cm³/mol. The zero-order chi connectivity index (χ0) is 15.0. The summed E-state index contributed by atoms with van der Waals surface area (Å²) in [5.74, 6) is 0.784. The van der Waals surface area contributed by atoms with Crippen LogP contribution in [0.4, 0.5) is 0 Å². The van der Waals surface area contributed by atoms with Gasteiger partial charge in [0.1, 0.15) is 17.1 Å². The maximum absolute atomic E-state index is 11.5. The summed E-state index contributed by atoms with van der Waals surface area (Å²) < 4.78 is 10.1. The van der Waals surface area contributed by atoms with E-state index in [-0.39, 0.29) is 5.91 Å². The lowest BCUT2D eigenvalue weighted by atomic mass is 10.1. The molecule has 5 nitrogen and oxygen atoms in total. The van der Waals surface area contributed by atoms with E-state index in [2.05, 4.69) is 5.32 Å². The van der Waals surface area contributed by atoms with E-state index in [1.165, 1.54) is 39.9 Å². The molecule has 0 saturated heterocycles. The minimum Gasteiger partial charge on any atom is -0.496 e. The number of nitrogens with one attached hydrogen (secondary N) is 1. The van der Waals surface area contributed by atoms with Gasteiger partial charge >= 0.3 is 0 Å². The van der Waals surface area contributed by atoms with Gasteiger partial charge in [-0.05, 0) is 25.0 Å². The SMILES string of the molecule is CNC(=O)c1c(OC)cccc1OC.NC1CCCC1. The first kappa shape index (κ1) is 16.3. The maximum atomic E-state index is 11.5. The standard InChI is InChI=1S/C10H13NO3.C5H11N/c1-11-10(12)9-7(13-2)5-4-6-8(9)14-3;6-5-3-1-2-4-5/h4-6H,1-3H3,(H,11,12);5H,1-4,6H2. The van der Waals surface area contributed by atoms with Crippen LogP contribution in [-0.4, -0.2) is 33.2 Å². The second-order valence-electron chi connectivity index (χ2n) is 4.66. The lowest BCUT2D eigenvalue weighted by Gasteiger charge is -2.10. The van der Waals surface area contributed by atoms with Crippen LogP contribution in [-0.2, 0) is 0 Å². The van der Waals surface area contributed by atoms with Crippen LogP contribution in [0.5, 0.6) is 11.5 Å². The molecule has 1 saturated carbocycles. The molecule has 20 heavy (non-hydrogen) atoms. The molecule has 0 heterocycles. The second kappa shape index (κ2) is 8.43. The summed E-state index contributed by atoms with van der Waals surface area (Å²) in [7, 11) is 4.59. The Labute approximate surface area is 120 Å². The highest BCUT2D eigenvalue weighted by Crippen LogP contribution is 2.27. The highest BCUT2D eigenvalue weighted by molar-refractivity contribution is 5.99. The van der Waals surface area contributed by atoms with Crippen LogP contribution in [0.2, 0.25) is 0 Å². The van der Waals surface area contributed by atoms with Gasteiger partial charge in [-0.25, -0.2) is 0 Å². The Bertz CT molecular complexity index is 407. The quantitative estimate of drug-likeness (QED) is 0.887. The molecule has 0 radical (unpaired) electrons. The summed E-state index contributed by atoms with van der Waals surface area (Å²) >= 11 is 0. The molecule has 0 spiro atoms. The highest BCUT2D eigenvalue weighted by Gasteiger charge is 2.16. The van der Waals surface area contributed by atoms with Crippen molar-refractivity contribution in [2.24, 2.45) is 5.73 Å². The molecule has 0 unspecified atom stereocenters. The fraction of sp³-hybridized carbons (Fsp3) is 0.533. The van der Waals surface area contributed by atoms with Crippen molar-refractivity contribution in [2.75, 3.05) is 21.3 Å². The Hall–Kier alpha value is -1.75. The van der Waals surface area contributed by atoms with Gasteiger partial charge in [0, 0.05) is 13.1 Å². The number of carbonyl (C=O) groups excluding carboxylic acids is 1. The number of carbonyl (C=O) groups is 1. The molecule has 3 N–H and O–H groups in total. The number of ether oxygens (including phenoxy) is 2. The Morgan fingerprint density at radius 3 is 2.00 bits per heavy atom. The van der Waals surface area contributed by atoms with E-state index < -0.39 is 0 Å². The van der Waals surface area contributed by atoms with E-state index in [0.717, 1.165) is 0 Å². The molecule has 1 amide bonds. The molecule has 0 aliphatic heterocycles. The first-order valence-corrected chi connectivity index (χ1v) is 6.82. The Morgan fingerprint density at radius 2 is 1.70 bits per heavy atom. The number of hydrogen-bond donors (Lipinski definition) is 2. The Kier molecular flexibility index (Phi) is 6.87. The average Bonchev–Trinajstić information content (AvgIpc) is 2.97. The Balaban J connectivity index is 0.000000276. The third-order valence-corrected chi connectivity index (χ3v) is 3.28. The molecular formula is C15H24N2O3. The molecular weight excluding hydrogens is 256 g/mol. The fourth-order valence-electron chi connectivity index (χ4n) is 2.16. The van der Waals surface area contributed by atoms with E-state index in [9.17, 15) is 4.79 Å². The molecule has 1 fully saturated rings. The van der Waals surface area contributed by atoms with Gasteiger partial charge in [0.05, 0.1) is 14.2 Å². The summed E-state index contributed by atoms with van der Waals surface area (Å²) in [6, 6.07) is 5.74. The van der Waals surface area contributed by atoms with Crippen molar-refractivity contribution in [1.29, 1.82) is 0 Å². The van der Waals surface area contributed by atoms with E-state index in [4.69, 9.17) is 15.2 Å². The van der Waals surface area contributed by atoms with Gasteiger partial charge in [0.25, 0.3) is 5.91 Å². The van der Waals surface area contributed by atoms with Crippen LogP contribution in [0.1, 0.15) is 36.0 Å². The zero-order valence-corrected chi connectivity index (χ0v) is 12.4. The predicted octanol–water partition coefficient (Wildman–Crippen LogP) is 1.95. The first-order valence-electron chi connectivity index (χ1n) is 6.82. The van der Waals surface area contributed by atoms with Crippen LogP contribution in [0.3, 0.4) is 0 Å². The summed E-state index contributed by atoms with van der Waals surface area (Å²) in [4.78, 5) is 11.5. The molecule has 2 rings (SSSR count). The van der Waals surface area contributed by atoms with Crippen LogP contribution < -0.4 is 20.5 Å². The third-order valence-electron chi connectivity index (χ3n) is 3.28. The van der Waals surface area contributed by atoms with Crippen LogP contribution >= 0.6 is 0 Å². The van der Waals surface area contributed by atoms with Crippen molar-refractivity contribution in [1.82, 2.24) is 5.32 Å². The summed E-state index contributed by atoms with van der Waals surface area (Å²) in [5, 5.41) is 2.53. The summed E-state index contributed by atoms with van der Waals surface area (Å²) in [5.41, 5.74) is 5.95. The van der Waals surface area contributed by atoms with Gasteiger partial charge in [-0.15, -0.1) is 0 Å². The highest BCUT2D eigenvalue weighted by atomic mass is 16.5. The maximum Gasteiger partial charge on any atom is 0.258 e.